The van der Waals surface area contributed by atoms with Gasteiger partial charge in [0.05, 0.1) is 0 Å². The van der Waals surface area contributed by atoms with Crippen molar-refractivity contribution >= 4 is 11.8 Å². The molecule has 0 N–H and O–H groups in total. The normalized spacial score (nSPS) is 19.2. The highest BCUT2D eigenvalue weighted by Crippen LogP contribution is 2.43. The second kappa shape index (κ2) is 5.26. The molecule has 1 heterocycles. The number of rotatable bonds is 1. The van der Waals surface area contributed by atoms with Crippen molar-refractivity contribution in [2.75, 3.05) is 11.9 Å². The summed E-state index contributed by atoms with van der Waals surface area (Å²) in [5.41, 5.74) is 4.89. The third-order valence-corrected chi connectivity index (χ3v) is 4.56. The maximum Gasteiger partial charge on any atom is 0.130 e. The van der Waals surface area contributed by atoms with E-state index in [0.717, 1.165) is 17.5 Å². The van der Waals surface area contributed by atoms with E-state index in [9.17, 15) is 0 Å². The lowest BCUT2D eigenvalue weighted by molar-refractivity contribution is 0.395. The zero-order chi connectivity index (χ0) is 15.8. The van der Waals surface area contributed by atoms with Crippen LogP contribution in [-0.4, -0.2) is 12.6 Å². The zero-order valence-corrected chi connectivity index (χ0v) is 13.4. The van der Waals surface area contributed by atoms with Crippen LogP contribution in [0.3, 0.4) is 0 Å². The van der Waals surface area contributed by atoms with Gasteiger partial charge >= 0.3 is 0 Å². The Morgan fingerprint density at radius 1 is 1.33 bits per heavy atom. The van der Waals surface area contributed by atoms with Crippen LogP contribution in [0.15, 0.2) is 17.7 Å². The number of nitrogens with zero attached hydrogens (tertiary/aromatic N) is 3. The average molecular weight is 279 g/mol. The first kappa shape index (κ1) is 15.1. The van der Waals surface area contributed by atoms with E-state index < -0.39 is 0 Å². The van der Waals surface area contributed by atoms with E-state index in [1.165, 1.54) is 11.3 Å². The average Bonchev–Trinajstić information content (AvgIpc) is 2.43. The highest BCUT2D eigenvalue weighted by Gasteiger charge is 2.34. The number of benzene rings is 1. The van der Waals surface area contributed by atoms with E-state index in [0.29, 0.717) is 5.92 Å². The summed E-state index contributed by atoms with van der Waals surface area (Å²) in [6.07, 6.45) is 2.77. The Balaban J connectivity index is 2.60. The smallest absolute Gasteiger partial charge is 0.130 e. The summed E-state index contributed by atoms with van der Waals surface area (Å²) < 4.78 is 0. The molecule has 1 aromatic rings. The lowest BCUT2D eigenvalue weighted by atomic mass is 9.79. The highest BCUT2D eigenvalue weighted by molar-refractivity contribution is 5.70. The Hall–Kier alpha value is -2.26. The van der Waals surface area contributed by atoms with Gasteiger partial charge in [-0.15, -0.1) is 0 Å². The van der Waals surface area contributed by atoms with Crippen LogP contribution in [0.4, 0.5) is 5.69 Å². The standard InChI is InChI=1S/C18H21N3/c1-12-6-17-16(8-15(12)7-14(10-19)11-20)13(2)9-18(3,4)21(17)5/h6-8,13H,9H2,1-5H3/t13-/m1/s1. The van der Waals surface area contributed by atoms with Crippen LogP contribution in [0, 0.1) is 29.6 Å². The van der Waals surface area contributed by atoms with E-state index in [-0.39, 0.29) is 11.1 Å². The van der Waals surface area contributed by atoms with Crippen LogP contribution in [0.1, 0.15) is 49.8 Å². The molecule has 21 heavy (non-hydrogen) atoms. The topological polar surface area (TPSA) is 50.8 Å². The Morgan fingerprint density at radius 3 is 2.52 bits per heavy atom. The van der Waals surface area contributed by atoms with E-state index in [1.807, 2.05) is 19.1 Å². The van der Waals surface area contributed by atoms with Gasteiger partial charge in [0.25, 0.3) is 0 Å². The van der Waals surface area contributed by atoms with Gasteiger partial charge in [0, 0.05) is 18.3 Å². The minimum atomic E-state index is 0.140. The SMILES string of the molecule is Cc1cc2c(cc1C=C(C#N)C#N)[C@H](C)CC(C)(C)N2C. The number of hydrogen-bond acceptors (Lipinski definition) is 3. The molecule has 0 bridgehead atoms. The number of anilines is 1. The summed E-state index contributed by atoms with van der Waals surface area (Å²) in [6, 6.07) is 8.17. The van der Waals surface area contributed by atoms with Crippen LogP contribution in [-0.2, 0) is 0 Å². The van der Waals surface area contributed by atoms with Crippen molar-refractivity contribution in [2.45, 2.75) is 45.6 Å². The monoisotopic (exact) mass is 279 g/mol. The summed E-state index contributed by atoms with van der Waals surface area (Å²) in [5, 5.41) is 17.9. The molecule has 1 aliphatic rings. The van der Waals surface area contributed by atoms with Gasteiger partial charge in [-0.1, -0.05) is 6.92 Å². The maximum atomic E-state index is 8.93. The summed E-state index contributed by atoms with van der Waals surface area (Å²) in [5.74, 6) is 0.464. The molecule has 0 aliphatic carbocycles. The third-order valence-electron chi connectivity index (χ3n) is 4.56. The predicted octanol–water partition coefficient (Wildman–Crippen LogP) is 4.15. The molecule has 1 atom stereocenters. The Bertz CT molecular complexity index is 668. The van der Waals surface area contributed by atoms with Gasteiger partial charge < -0.3 is 4.90 Å². The quantitative estimate of drug-likeness (QED) is 0.726. The Morgan fingerprint density at radius 2 is 1.95 bits per heavy atom. The van der Waals surface area contributed by atoms with Crippen molar-refractivity contribution < 1.29 is 0 Å². The number of fused-ring (bicyclic) bond motifs is 1. The van der Waals surface area contributed by atoms with E-state index >= 15 is 0 Å². The van der Waals surface area contributed by atoms with Gasteiger partial charge in [-0.2, -0.15) is 10.5 Å². The van der Waals surface area contributed by atoms with Crippen LogP contribution in [0.2, 0.25) is 0 Å². The number of hydrogen-bond donors (Lipinski definition) is 0. The van der Waals surface area contributed by atoms with Crippen molar-refractivity contribution in [2.24, 2.45) is 0 Å². The molecule has 2 rings (SSSR count). The van der Waals surface area contributed by atoms with Gasteiger partial charge in [-0.25, -0.2) is 0 Å². The van der Waals surface area contributed by atoms with Crippen molar-refractivity contribution in [3.63, 3.8) is 0 Å². The molecule has 0 aromatic heterocycles. The van der Waals surface area contributed by atoms with Crippen LogP contribution in [0.5, 0.6) is 0 Å². The summed E-state index contributed by atoms with van der Waals surface area (Å²) in [4.78, 5) is 2.33. The molecule has 3 nitrogen and oxygen atoms in total. The fourth-order valence-corrected chi connectivity index (χ4v) is 3.14. The van der Waals surface area contributed by atoms with Gasteiger partial charge in [-0.3, -0.25) is 0 Å². The molecule has 0 saturated carbocycles. The van der Waals surface area contributed by atoms with Gasteiger partial charge in [0.15, 0.2) is 0 Å². The molecule has 0 unspecified atom stereocenters. The first-order valence-electron chi connectivity index (χ1n) is 7.20. The molecule has 0 fully saturated rings. The van der Waals surface area contributed by atoms with Gasteiger partial charge in [0.2, 0.25) is 0 Å². The molecular weight excluding hydrogens is 258 g/mol. The second-order valence-electron chi connectivity index (χ2n) is 6.53. The third kappa shape index (κ3) is 2.65. The van der Waals surface area contributed by atoms with Crippen molar-refractivity contribution in [1.82, 2.24) is 0 Å². The van der Waals surface area contributed by atoms with E-state index in [1.54, 1.807) is 6.08 Å². The molecule has 0 spiro atoms. The predicted molar refractivity (Wildman–Crippen MR) is 85.9 cm³/mol. The molecule has 1 aromatic carbocycles. The fraction of sp³-hybridized carbons (Fsp3) is 0.444. The maximum absolute atomic E-state index is 8.93. The van der Waals surface area contributed by atoms with E-state index in [2.05, 4.69) is 44.9 Å². The zero-order valence-electron chi connectivity index (χ0n) is 13.4. The summed E-state index contributed by atoms with van der Waals surface area (Å²) >= 11 is 0. The molecule has 108 valence electrons. The Kier molecular flexibility index (Phi) is 3.79. The molecular formula is C18H21N3. The van der Waals surface area contributed by atoms with Crippen LogP contribution >= 0.6 is 0 Å². The second-order valence-corrected chi connectivity index (χ2v) is 6.53. The van der Waals surface area contributed by atoms with Gasteiger partial charge in [0.1, 0.15) is 17.7 Å². The van der Waals surface area contributed by atoms with Crippen LogP contribution < -0.4 is 4.90 Å². The van der Waals surface area contributed by atoms with Gasteiger partial charge in [-0.05, 0) is 68.0 Å². The minimum Gasteiger partial charge on any atom is -0.369 e. The highest BCUT2D eigenvalue weighted by atomic mass is 15.2. The number of nitriles is 2. The first-order chi connectivity index (χ1) is 9.80. The van der Waals surface area contributed by atoms with Crippen LogP contribution in [0.25, 0.3) is 6.08 Å². The molecule has 0 radical (unpaired) electrons. The lowest BCUT2D eigenvalue weighted by Crippen LogP contribution is -2.45. The number of allylic oxidation sites excluding steroid dienone is 1. The van der Waals surface area contributed by atoms with E-state index in [4.69, 9.17) is 10.5 Å². The summed E-state index contributed by atoms with van der Waals surface area (Å²) in [6.45, 7) is 8.79. The molecule has 0 amide bonds. The minimum absolute atomic E-state index is 0.140. The summed E-state index contributed by atoms with van der Waals surface area (Å²) in [7, 11) is 2.13. The lowest BCUT2D eigenvalue weighted by Gasteiger charge is -2.45. The largest absolute Gasteiger partial charge is 0.369 e. The Labute approximate surface area is 127 Å². The fourth-order valence-electron chi connectivity index (χ4n) is 3.14. The van der Waals surface area contributed by atoms with Crippen molar-refractivity contribution in [3.05, 3.63) is 34.4 Å². The molecule has 3 heteroatoms. The molecule has 0 saturated heterocycles. The first-order valence-corrected chi connectivity index (χ1v) is 7.20. The molecule has 1 aliphatic heterocycles. The van der Waals surface area contributed by atoms with Crippen molar-refractivity contribution in [3.8, 4) is 12.1 Å². The van der Waals surface area contributed by atoms with Crippen molar-refractivity contribution in [1.29, 1.82) is 10.5 Å². The number of aryl methyl sites for hydroxylation is 1.